The molecule has 0 saturated carbocycles. The minimum atomic E-state index is -0.0413. The van der Waals surface area contributed by atoms with E-state index in [2.05, 4.69) is 15.1 Å². The van der Waals surface area contributed by atoms with Crippen molar-refractivity contribution in [1.29, 1.82) is 0 Å². The lowest BCUT2D eigenvalue weighted by Gasteiger charge is -2.14. The maximum absolute atomic E-state index is 12.2. The van der Waals surface area contributed by atoms with Crippen LogP contribution in [0.25, 0.3) is 11.4 Å². The molecule has 0 aromatic carbocycles. The SMILES string of the molecule is O=C1CC(c2nc(-c3cccnc3)no2)CN1Cc1cccs1. The predicted octanol–water partition coefficient (Wildman–Crippen LogP) is 2.71. The van der Waals surface area contributed by atoms with E-state index in [9.17, 15) is 4.79 Å². The third-order valence-electron chi connectivity index (χ3n) is 3.85. The standard InChI is InChI=1S/C16H14N4O2S/c21-14-7-12(9-20(14)10-13-4-2-6-23-13)16-18-15(19-22-16)11-3-1-5-17-8-11/h1-6,8,12H,7,9-10H2. The van der Waals surface area contributed by atoms with Crippen LogP contribution in [0.4, 0.5) is 0 Å². The van der Waals surface area contributed by atoms with Crippen LogP contribution < -0.4 is 0 Å². The fraction of sp³-hybridized carbons (Fsp3) is 0.250. The molecule has 1 amide bonds. The zero-order valence-corrected chi connectivity index (χ0v) is 13.1. The van der Waals surface area contributed by atoms with Crippen LogP contribution >= 0.6 is 11.3 Å². The van der Waals surface area contributed by atoms with Crippen molar-refractivity contribution in [3.63, 3.8) is 0 Å². The first-order valence-electron chi connectivity index (χ1n) is 7.34. The average Bonchev–Trinajstić information content (AvgIpc) is 3.31. The molecule has 0 aliphatic carbocycles. The molecule has 3 aromatic heterocycles. The Morgan fingerprint density at radius 1 is 1.35 bits per heavy atom. The average molecular weight is 326 g/mol. The molecular weight excluding hydrogens is 312 g/mol. The molecule has 4 heterocycles. The monoisotopic (exact) mass is 326 g/mol. The molecule has 0 spiro atoms. The van der Waals surface area contributed by atoms with E-state index in [4.69, 9.17) is 4.52 Å². The van der Waals surface area contributed by atoms with Gasteiger partial charge in [-0.1, -0.05) is 11.2 Å². The Labute approximate surface area is 136 Å². The van der Waals surface area contributed by atoms with Gasteiger partial charge in [0.1, 0.15) is 0 Å². The van der Waals surface area contributed by atoms with Gasteiger partial charge < -0.3 is 9.42 Å². The Morgan fingerprint density at radius 2 is 2.30 bits per heavy atom. The number of rotatable bonds is 4. The quantitative estimate of drug-likeness (QED) is 0.737. The number of nitrogens with zero attached hydrogens (tertiary/aromatic N) is 4. The van der Waals surface area contributed by atoms with Gasteiger partial charge in [-0.3, -0.25) is 9.78 Å². The van der Waals surface area contributed by atoms with Crippen LogP contribution in [0.3, 0.4) is 0 Å². The van der Waals surface area contributed by atoms with Gasteiger partial charge in [0.2, 0.25) is 17.6 Å². The van der Waals surface area contributed by atoms with Crippen molar-refractivity contribution in [3.8, 4) is 11.4 Å². The summed E-state index contributed by atoms with van der Waals surface area (Å²) in [5.74, 6) is 1.12. The van der Waals surface area contributed by atoms with Gasteiger partial charge >= 0.3 is 0 Å². The normalized spacial score (nSPS) is 17.8. The van der Waals surface area contributed by atoms with Crippen LogP contribution in [-0.2, 0) is 11.3 Å². The minimum absolute atomic E-state index is 0.0413. The van der Waals surface area contributed by atoms with Gasteiger partial charge in [-0.05, 0) is 23.6 Å². The second-order valence-corrected chi connectivity index (χ2v) is 6.48. The molecular formula is C16H14N4O2S. The molecule has 1 saturated heterocycles. The van der Waals surface area contributed by atoms with Gasteiger partial charge in [-0.2, -0.15) is 4.98 Å². The van der Waals surface area contributed by atoms with Crippen LogP contribution in [0.2, 0.25) is 0 Å². The van der Waals surface area contributed by atoms with Gasteiger partial charge in [-0.15, -0.1) is 11.3 Å². The molecule has 1 aliphatic rings. The fourth-order valence-electron chi connectivity index (χ4n) is 2.69. The number of hydrogen-bond acceptors (Lipinski definition) is 6. The number of carbonyl (C=O) groups is 1. The summed E-state index contributed by atoms with van der Waals surface area (Å²) in [7, 11) is 0. The second kappa shape index (κ2) is 5.92. The van der Waals surface area contributed by atoms with Crippen molar-refractivity contribution in [2.75, 3.05) is 6.54 Å². The molecule has 1 atom stereocenters. The number of thiophene rings is 1. The van der Waals surface area contributed by atoms with Crippen LogP contribution in [0.5, 0.6) is 0 Å². The van der Waals surface area contributed by atoms with E-state index >= 15 is 0 Å². The highest BCUT2D eigenvalue weighted by Crippen LogP contribution is 2.30. The molecule has 4 rings (SSSR count). The fourth-order valence-corrected chi connectivity index (χ4v) is 3.41. The van der Waals surface area contributed by atoms with E-state index in [1.54, 1.807) is 23.7 Å². The van der Waals surface area contributed by atoms with E-state index in [1.165, 1.54) is 4.88 Å². The van der Waals surface area contributed by atoms with Gasteiger partial charge in [-0.25, -0.2) is 0 Å². The van der Waals surface area contributed by atoms with E-state index in [0.29, 0.717) is 31.2 Å². The number of pyridine rings is 1. The lowest BCUT2D eigenvalue weighted by Crippen LogP contribution is -2.23. The zero-order chi connectivity index (χ0) is 15.6. The van der Waals surface area contributed by atoms with Crippen molar-refractivity contribution in [2.45, 2.75) is 18.9 Å². The lowest BCUT2D eigenvalue weighted by atomic mass is 10.1. The molecule has 1 unspecified atom stereocenters. The van der Waals surface area contributed by atoms with Crippen molar-refractivity contribution >= 4 is 17.2 Å². The molecule has 0 N–H and O–H groups in total. The first-order chi connectivity index (χ1) is 11.3. The van der Waals surface area contributed by atoms with Crippen LogP contribution in [0.1, 0.15) is 23.1 Å². The molecule has 23 heavy (non-hydrogen) atoms. The highest BCUT2D eigenvalue weighted by Gasteiger charge is 2.34. The van der Waals surface area contributed by atoms with Crippen LogP contribution in [-0.4, -0.2) is 32.5 Å². The summed E-state index contributed by atoms with van der Waals surface area (Å²) >= 11 is 1.66. The Kier molecular flexibility index (Phi) is 3.63. The number of likely N-dealkylation sites (tertiary alicyclic amines) is 1. The Balaban J connectivity index is 1.49. The van der Waals surface area contributed by atoms with E-state index in [1.807, 2.05) is 34.5 Å². The van der Waals surface area contributed by atoms with Gasteiger partial charge in [0.15, 0.2) is 0 Å². The van der Waals surface area contributed by atoms with Crippen molar-refractivity contribution in [2.24, 2.45) is 0 Å². The van der Waals surface area contributed by atoms with Crippen molar-refractivity contribution < 1.29 is 9.32 Å². The molecule has 0 bridgehead atoms. The number of carbonyl (C=O) groups excluding carboxylic acids is 1. The first-order valence-corrected chi connectivity index (χ1v) is 8.22. The highest BCUT2D eigenvalue weighted by atomic mass is 32.1. The topological polar surface area (TPSA) is 72.1 Å². The zero-order valence-electron chi connectivity index (χ0n) is 12.3. The molecule has 7 heteroatoms. The molecule has 3 aromatic rings. The second-order valence-electron chi connectivity index (χ2n) is 5.45. The van der Waals surface area contributed by atoms with Crippen LogP contribution in [0, 0.1) is 0 Å². The molecule has 116 valence electrons. The number of aromatic nitrogens is 3. The first kappa shape index (κ1) is 14.1. The van der Waals surface area contributed by atoms with Crippen molar-refractivity contribution in [1.82, 2.24) is 20.0 Å². The third-order valence-corrected chi connectivity index (χ3v) is 4.71. The maximum Gasteiger partial charge on any atom is 0.232 e. The van der Waals surface area contributed by atoms with Gasteiger partial charge in [0.05, 0.1) is 12.5 Å². The molecule has 1 fully saturated rings. The van der Waals surface area contributed by atoms with Crippen molar-refractivity contribution in [3.05, 3.63) is 52.8 Å². The van der Waals surface area contributed by atoms with E-state index < -0.39 is 0 Å². The maximum atomic E-state index is 12.2. The summed E-state index contributed by atoms with van der Waals surface area (Å²) in [6, 6.07) is 7.74. The smallest absolute Gasteiger partial charge is 0.232 e. The Bertz CT molecular complexity index is 801. The molecule has 0 radical (unpaired) electrons. The third kappa shape index (κ3) is 2.87. The summed E-state index contributed by atoms with van der Waals surface area (Å²) in [6.07, 6.45) is 3.81. The minimum Gasteiger partial charge on any atom is -0.339 e. The molecule has 6 nitrogen and oxygen atoms in total. The summed E-state index contributed by atoms with van der Waals surface area (Å²) < 4.78 is 5.37. The van der Waals surface area contributed by atoms with E-state index in [-0.39, 0.29) is 11.8 Å². The Morgan fingerprint density at radius 3 is 3.09 bits per heavy atom. The Hall–Kier alpha value is -2.54. The van der Waals surface area contributed by atoms with Crippen LogP contribution in [0.15, 0.2) is 46.6 Å². The number of hydrogen-bond donors (Lipinski definition) is 0. The summed E-state index contributed by atoms with van der Waals surface area (Å²) in [4.78, 5) is 23.7. The predicted molar refractivity (Wildman–Crippen MR) is 84.6 cm³/mol. The summed E-state index contributed by atoms with van der Waals surface area (Å²) in [6.45, 7) is 1.27. The summed E-state index contributed by atoms with van der Waals surface area (Å²) in [5, 5.41) is 6.02. The van der Waals surface area contributed by atoms with Gasteiger partial charge in [0.25, 0.3) is 0 Å². The number of amides is 1. The highest BCUT2D eigenvalue weighted by molar-refractivity contribution is 7.09. The lowest BCUT2D eigenvalue weighted by molar-refractivity contribution is -0.128. The summed E-state index contributed by atoms with van der Waals surface area (Å²) in [5.41, 5.74) is 0.808. The molecule has 1 aliphatic heterocycles. The van der Waals surface area contributed by atoms with Gasteiger partial charge in [0, 0.05) is 35.8 Å². The van der Waals surface area contributed by atoms with E-state index in [0.717, 1.165) is 5.56 Å². The largest absolute Gasteiger partial charge is 0.339 e.